The van der Waals surface area contributed by atoms with Crippen molar-refractivity contribution in [1.29, 1.82) is 0 Å². The number of hydrogen-bond donors (Lipinski definition) is 0. The van der Waals surface area contributed by atoms with Crippen molar-refractivity contribution >= 4 is 5.78 Å². The number of ketones is 1. The van der Waals surface area contributed by atoms with Crippen LogP contribution in [0, 0.1) is 12.3 Å². The first-order valence-electron chi connectivity index (χ1n) is 6.94. The van der Waals surface area contributed by atoms with Crippen LogP contribution < -0.4 is 0 Å². The molecule has 1 heterocycles. The molecule has 1 aromatic carbocycles. The van der Waals surface area contributed by atoms with E-state index in [0.717, 1.165) is 31.2 Å². The fourth-order valence-corrected chi connectivity index (χ4v) is 3.71. The Labute approximate surface area is 113 Å². The highest BCUT2D eigenvalue weighted by atomic mass is 16.7. The topological polar surface area (TPSA) is 35.5 Å². The van der Waals surface area contributed by atoms with Crippen LogP contribution in [0.25, 0.3) is 0 Å². The summed E-state index contributed by atoms with van der Waals surface area (Å²) < 4.78 is 11.5. The Hall–Kier alpha value is -1.19. The Kier molecular flexibility index (Phi) is 2.99. The molecule has 2 atom stereocenters. The number of fused-ring (bicyclic) bond motifs is 1. The first kappa shape index (κ1) is 12.8. The maximum absolute atomic E-state index is 13.0. The summed E-state index contributed by atoms with van der Waals surface area (Å²) in [5.41, 5.74) is 1.47. The second-order valence-corrected chi connectivity index (χ2v) is 5.69. The van der Waals surface area contributed by atoms with Gasteiger partial charge in [-0.2, -0.15) is 0 Å². The lowest BCUT2D eigenvalue weighted by Gasteiger charge is -2.36. The Balaban J connectivity index is 2.00. The van der Waals surface area contributed by atoms with Crippen molar-refractivity contribution in [2.45, 2.75) is 38.4 Å². The van der Waals surface area contributed by atoms with Crippen LogP contribution in [0.2, 0.25) is 0 Å². The number of carbonyl (C=O) groups is 1. The summed E-state index contributed by atoms with van der Waals surface area (Å²) in [5.74, 6) is -0.501. The molecule has 1 saturated heterocycles. The van der Waals surface area contributed by atoms with E-state index in [1.807, 2.05) is 31.2 Å². The van der Waals surface area contributed by atoms with Crippen LogP contribution >= 0.6 is 0 Å². The molecule has 102 valence electrons. The van der Waals surface area contributed by atoms with Crippen molar-refractivity contribution in [2.24, 2.45) is 5.41 Å². The number of ether oxygens (including phenoxy) is 2. The maximum atomic E-state index is 13.0. The van der Waals surface area contributed by atoms with E-state index < -0.39 is 11.2 Å². The zero-order valence-corrected chi connectivity index (χ0v) is 11.6. The van der Waals surface area contributed by atoms with E-state index in [1.54, 1.807) is 7.11 Å². The van der Waals surface area contributed by atoms with Gasteiger partial charge in [0, 0.05) is 19.1 Å². The molecular formula is C16H20O3. The number of hydrogen-bond acceptors (Lipinski definition) is 3. The monoisotopic (exact) mass is 260 g/mol. The predicted molar refractivity (Wildman–Crippen MR) is 72.1 cm³/mol. The molecule has 0 bridgehead atoms. The molecule has 1 aliphatic heterocycles. The standard InChI is InChI=1S/C16H20O3/c1-12-4-6-13(7-5-12)14(17)15-8-3-9-16(15,18-2)19-11-10-15/h4-7H,3,8-11H2,1-2H3. The molecule has 2 aliphatic rings. The Morgan fingerprint density at radius 2 is 1.95 bits per heavy atom. The van der Waals surface area contributed by atoms with Gasteiger partial charge in [0.05, 0.1) is 12.0 Å². The summed E-state index contributed by atoms with van der Waals surface area (Å²) >= 11 is 0. The Morgan fingerprint density at radius 3 is 2.63 bits per heavy atom. The molecule has 0 spiro atoms. The molecule has 3 nitrogen and oxygen atoms in total. The third-order valence-corrected chi connectivity index (χ3v) is 4.78. The largest absolute Gasteiger partial charge is 0.352 e. The minimum atomic E-state index is -0.686. The lowest BCUT2D eigenvalue weighted by atomic mass is 9.74. The lowest BCUT2D eigenvalue weighted by molar-refractivity contribution is -0.219. The van der Waals surface area contributed by atoms with E-state index in [0.29, 0.717) is 6.61 Å². The second-order valence-electron chi connectivity index (χ2n) is 5.69. The molecular weight excluding hydrogens is 240 g/mol. The summed E-state index contributed by atoms with van der Waals surface area (Å²) in [6.07, 6.45) is 3.45. The van der Waals surface area contributed by atoms with Crippen LogP contribution in [0.1, 0.15) is 41.6 Å². The SMILES string of the molecule is COC12CCCC1(C(=O)c1ccc(C)cc1)CCO2. The molecule has 1 saturated carbocycles. The van der Waals surface area contributed by atoms with Gasteiger partial charge in [-0.3, -0.25) is 4.79 Å². The molecule has 3 heteroatoms. The number of carbonyl (C=O) groups excluding carboxylic acids is 1. The minimum absolute atomic E-state index is 0.185. The number of benzene rings is 1. The number of Topliss-reactive ketones (excluding diaryl/α,β-unsaturated/α-hetero) is 1. The van der Waals surface area contributed by atoms with Gasteiger partial charge in [0.15, 0.2) is 11.6 Å². The zero-order valence-electron chi connectivity index (χ0n) is 11.6. The quantitative estimate of drug-likeness (QED) is 0.783. The highest BCUT2D eigenvalue weighted by Crippen LogP contribution is 2.57. The van der Waals surface area contributed by atoms with Gasteiger partial charge >= 0.3 is 0 Å². The van der Waals surface area contributed by atoms with Gasteiger partial charge in [-0.15, -0.1) is 0 Å². The van der Waals surface area contributed by atoms with Crippen molar-refractivity contribution in [1.82, 2.24) is 0 Å². The predicted octanol–water partition coefficient (Wildman–Crippen LogP) is 3.11. The summed E-state index contributed by atoms with van der Waals surface area (Å²) in [7, 11) is 1.66. The molecule has 2 unspecified atom stereocenters. The van der Waals surface area contributed by atoms with Crippen LogP contribution in [0.4, 0.5) is 0 Å². The van der Waals surface area contributed by atoms with Gasteiger partial charge < -0.3 is 9.47 Å². The van der Waals surface area contributed by atoms with Gasteiger partial charge in [0.1, 0.15) is 0 Å². The van der Waals surface area contributed by atoms with E-state index >= 15 is 0 Å². The third-order valence-electron chi connectivity index (χ3n) is 4.78. The van der Waals surface area contributed by atoms with Gasteiger partial charge in [0.2, 0.25) is 0 Å². The molecule has 19 heavy (non-hydrogen) atoms. The first-order valence-corrected chi connectivity index (χ1v) is 6.94. The zero-order chi connectivity index (χ0) is 13.5. The average molecular weight is 260 g/mol. The molecule has 2 fully saturated rings. The number of rotatable bonds is 3. The fraction of sp³-hybridized carbons (Fsp3) is 0.562. The van der Waals surface area contributed by atoms with Gasteiger partial charge in [0.25, 0.3) is 0 Å². The van der Waals surface area contributed by atoms with Crippen LogP contribution in [-0.2, 0) is 9.47 Å². The van der Waals surface area contributed by atoms with Crippen molar-refractivity contribution in [3.8, 4) is 0 Å². The fourth-order valence-electron chi connectivity index (χ4n) is 3.71. The normalized spacial score (nSPS) is 33.4. The smallest absolute Gasteiger partial charge is 0.180 e. The van der Waals surface area contributed by atoms with E-state index in [9.17, 15) is 4.79 Å². The molecule has 0 amide bonds. The summed E-state index contributed by atoms with van der Waals surface area (Å²) in [5, 5.41) is 0. The van der Waals surface area contributed by atoms with Gasteiger partial charge in [-0.1, -0.05) is 29.8 Å². The second kappa shape index (κ2) is 4.43. The third kappa shape index (κ3) is 1.68. The molecule has 0 radical (unpaired) electrons. The Morgan fingerprint density at radius 1 is 1.21 bits per heavy atom. The van der Waals surface area contributed by atoms with Crippen molar-refractivity contribution in [3.63, 3.8) is 0 Å². The maximum Gasteiger partial charge on any atom is 0.180 e. The minimum Gasteiger partial charge on any atom is -0.352 e. The summed E-state index contributed by atoms with van der Waals surface area (Å²) in [4.78, 5) is 13.0. The summed E-state index contributed by atoms with van der Waals surface area (Å²) in [6, 6.07) is 7.82. The molecule has 1 aliphatic carbocycles. The highest BCUT2D eigenvalue weighted by Gasteiger charge is 2.64. The molecule has 0 aromatic heterocycles. The van der Waals surface area contributed by atoms with Crippen LogP contribution in [-0.4, -0.2) is 25.3 Å². The van der Waals surface area contributed by atoms with Crippen LogP contribution in [0.5, 0.6) is 0 Å². The van der Waals surface area contributed by atoms with Gasteiger partial charge in [-0.25, -0.2) is 0 Å². The van der Waals surface area contributed by atoms with Crippen molar-refractivity contribution in [3.05, 3.63) is 35.4 Å². The number of aryl methyl sites for hydroxylation is 1. The molecule has 3 rings (SSSR count). The van der Waals surface area contributed by atoms with E-state index in [-0.39, 0.29) is 5.78 Å². The van der Waals surface area contributed by atoms with Crippen molar-refractivity contribution in [2.75, 3.05) is 13.7 Å². The number of methoxy groups -OCH3 is 1. The molecule has 1 aromatic rings. The van der Waals surface area contributed by atoms with E-state index in [2.05, 4.69) is 0 Å². The van der Waals surface area contributed by atoms with Crippen LogP contribution in [0.15, 0.2) is 24.3 Å². The van der Waals surface area contributed by atoms with E-state index in [1.165, 1.54) is 5.56 Å². The average Bonchev–Trinajstić information content (AvgIpc) is 2.94. The molecule has 0 N–H and O–H groups in total. The van der Waals surface area contributed by atoms with Crippen molar-refractivity contribution < 1.29 is 14.3 Å². The first-order chi connectivity index (χ1) is 9.13. The van der Waals surface area contributed by atoms with Gasteiger partial charge in [-0.05, 0) is 26.2 Å². The van der Waals surface area contributed by atoms with Crippen LogP contribution in [0.3, 0.4) is 0 Å². The highest BCUT2D eigenvalue weighted by molar-refractivity contribution is 6.01. The van der Waals surface area contributed by atoms with E-state index in [4.69, 9.17) is 9.47 Å². The Bertz CT molecular complexity index is 479. The lowest BCUT2D eigenvalue weighted by Crippen LogP contribution is -2.47. The summed E-state index contributed by atoms with van der Waals surface area (Å²) in [6.45, 7) is 2.64.